The molecule has 0 saturated heterocycles. The van der Waals surface area contributed by atoms with Crippen LogP contribution in [0.1, 0.15) is 21.5 Å². The van der Waals surface area contributed by atoms with E-state index < -0.39 is 5.97 Å². The molecule has 0 saturated carbocycles. The van der Waals surface area contributed by atoms with Crippen molar-refractivity contribution in [2.45, 2.75) is 6.54 Å². The molecule has 6 heteroatoms. The van der Waals surface area contributed by atoms with Gasteiger partial charge in [-0.1, -0.05) is 17.7 Å². The zero-order chi connectivity index (χ0) is 16.8. The Kier molecular flexibility index (Phi) is 5.45. The van der Waals surface area contributed by atoms with E-state index in [1.54, 1.807) is 30.3 Å². The van der Waals surface area contributed by atoms with Gasteiger partial charge in [0.25, 0.3) is 0 Å². The van der Waals surface area contributed by atoms with Gasteiger partial charge in [0.15, 0.2) is 0 Å². The van der Waals surface area contributed by atoms with Crippen LogP contribution in [-0.4, -0.2) is 20.2 Å². The number of nitriles is 1. The number of hydrogen-bond acceptors (Lipinski definition) is 5. The van der Waals surface area contributed by atoms with Gasteiger partial charge in [0, 0.05) is 12.2 Å². The van der Waals surface area contributed by atoms with Crippen molar-refractivity contribution in [1.29, 1.82) is 5.26 Å². The molecule has 0 unspecified atom stereocenters. The summed E-state index contributed by atoms with van der Waals surface area (Å²) in [6.45, 7) is 0.482. The molecule has 23 heavy (non-hydrogen) atoms. The van der Waals surface area contributed by atoms with Crippen molar-refractivity contribution in [2.75, 3.05) is 19.5 Å². The summed E-state index contributed by atoms with van der Waals surface area (Å²) in [4.78, 5) is 11.8. The van der Waals surface area contributed by atoms with E-state index in [2.05, 4.69) is 5.32 Å². The van der Waals surface area contributed by atoms with Crippen molar-refractivity contribution in [3.8, 4) is 11.8 Å². The highest BCUT2D eigenvalue weighted by Gasteiger charge is 2.13. The summed E-state index contributed by atoms with van der Waals surface area (Å²) in [5.74, 6) is 0.00661. The van der Waals surface area contributed by atoms with E-state index in [1.807, 2.05) is 12.1 Å². The summed E-state index contributed by atoms with van der Waals surface area (Å²) in [6, 6.07) is 12.4. The molecule has 0 aliphatic heterocycles. The molecule has 0 radical (unpaired) electrons. The molecular weight excluding hydrogens is 316 g/mol. The van der Waals surface area contributed by atoms with Gasteiger partial charge in [0.1, 0.15) is 17.4 Å². The van der Waals surface area contributed by atoms with Gasteiger partial charge in [-0.3, -0.25) is 0 Å². The summed E-state index contributed by atoms with van der Waals surface area (Å²) in [5.41, 5.74) is 2.46. The first kappa shape index (κ1) is 16.7. The zero-order valence-corrected chi connectivity index (χ0v) is 13.5. The largest absolute Gasteiger partial charge is 0.496 e. The second-order valence-electron chi connectivity index (χ2n) is 4.69. The van der Waals surface area contributed by atoms with Crippen LogP contribution in [0.25, 0.3) is 0 Å². The Bertz CT molecular complexity index is 769. The van der Waals surface area contributed by atoms with Gasteiger partial charge in [0.2, 0.25) is 0 Å². The molecule has 118 valence electrons. The van der Waals surface area contributed by atoms with Crippen molar-refractivity contribution in [3.63, 3.8) is 0 Å². The van der Waals surface area contributed by atoms with E-state index in [0.717, 1.165) is 11.3 Å². The number of esters is 1. The molecule has 0 aliphatic rings. The average Bonchev–Trinajstić information content (AvgIpc) is 2.59. The molecule has 0 fully saturated rings. The fourth-order valence-electron chi connectivity index (χ4n) is 2.05. The highest BCUT2D eigenvalue weighted by molar-refractivity contribution is 6.32. The number of carbonyl (C=O) groups excluding carboxylic acids is 1. The molecule has 0 heterocycles. The van der Waals surface area contributed by atoms with Gasteiger partial charge in [-0.05, 0) is 35.9 Å². The van der Waals surface area contributed by atoms with Crippen LogP contribution in [0, 0.1) is 11.3 Å². The van der Waals surface area contributed by atoms with E-state index >= 15 is 0 Å². The maximum absolute atomic E-state index is 11.8. The number of nitrogens with zero attached hydrogens (tertiary/aromatic N) is 1. The number of rotatable bonds is 5. The number of nitrogens with one attached hydrogen (secondary N) is 1. The molecule has 2 rings (SSSR count). The van der Waals surface area contributed by atoms with E-state index in [1.165, 1.54) is 14.2 Å². The predicted molar refractivity (Wildman–Crippen MR) is 87.8 cm³/mol. The fraction of sp³-hybridized carbons (Fsp3) is 0.176. The Morgan fingerprint density at radius 1 is 1.26 bits per heavy atom. The van der Waals surface area contributed by atoms with Crippen LogP contribution < -0.4 is 10.1 Å². The highest BCUT2D eigenvalue weighted by atomic mass is 35.5. The quantitative estimate of drug-likeness (QED) is 0.848. The van der Waals surface area contributed by atoms with Gasteiger partial charge in [-0.25, -0.2) is 4.79 Å². The van der Waals surface area contributed by atoms with E-state index in [-0.39, 0.29) is 0 Å². The third kappa shape index (κ3) is 3.93. The summed E-state index contributed by atoms with van der Waals surface area (Å²) >= 11 is 6.00. The van der Waals surface area contributed by atoms with Crippen LogP contribution in [0.15, 0.2) is 36.4 Å². The van der Waals surface area contributed by atoms with Crippen molar-refractivity contribution >= 4 is 23.3 Å². The molecular formula is C17H15ClN2O3. The Balaban J connectivity index is 2.16. The Morgan fingerprint density at radius 3 is 2.65 bits per heavy atom. The maximum atomic E-state index is 11.8. The summed E-state index contributed by atoms with van der Waals surface area (Å²) in [7, 11) is 2.82. The number of ether oxygens (including phenoxy) is 2. The standard InChI is InChI=1S/C17H15ClN2O3/c1-22-16-6-3-11(7-14(16)17(21)23-2)10-20-13-5-4-12(9-19)15(18)8-13/h3-8,20H,10H2,1-2H3. The summed E-state index contributed by atoms with van der Waals surface area (Å²) < 4.78 is 9.91. The first-order chi connectivity index (χ1) is 11.1. The molecule has 1 N–H and O–H groups in total. The number of hydrogen-bond donors (Lipinski definition) is 1. The first-order valence-electron chi connectivity index (χ1n) is 6.77. The van der Waals surface area contributed by atoms with Gasteiger partial charge in [-0.15, -0.1) is 0 Å². The van der Waals surface area contributed by atoms with Crippen molar-refractivity contribution < 1.29 is 14.3 Å². The molecule has 0 aromatic heterocycles. The third-order valence-electron chi connectivity index (χ3n) is 3.26. The van der Waals surface area contributed by atoms with Gasteiger partial charge >= 0.3 is 5.97 Å². The minimum absolute atomic E-state index is 0.368. The lowest BCUT2D eigenvalue weighted by atomic mass is 10.1. The molecule has 0 atom stereocenters. The lowest BCUT2D eigenvalue weighted by molar-refractivity contribution is 0.0597. The van der Waals surface area contributed by atoms with E-state index in [4.69, 9.17) is 26.3 Å². The fourth-order valence-corrected chi connectivity index (χ4v) is 2.28. The van der Waals surface area contributed by atoms with Crippen LogP contribution in [0.5, 0.6) is 5.75 Å². The smallest absolute Gasteiger partial charge is 0.341 e. The Labute approximate surface area is 139 Å². The number of benzene rings is 2. The number of anilines is 1. The minimum atomic E-state index is -0.454. The summed E-state index contributed by atoms with van der Waals surface area (Å²) in [5, 5.41) is 12.4. The predicted octanol–water partition coefficient (Wildman–Crippen LogP) is 3.62. The molecule has 0 amide bonds. The van der Waals surface area contributed by atoms with Crippen LogP contribution in [0.2, 0.25) is 5.02 Å². The van der Waals surface area contributed by atoms with Crippen molar-refractivity contribution in [2.24, 2.45) is 0 Å². The summed E-state index contributed by atoms with van der Waals surface area (Å²) in [6.07, 6.45) is 0. The monoisotopic (exact) mass is 330 g/mol. The first-order valence-corrected chi connectivity index (χ1v) is 7.15. The molecule has 0 spiro atoms. The van der Waals surface area contributed by atoms with Crippen LogP contribution in [0.3, 0.4) is 0 Å². The number of methoxy groups -OCH3 is 2. The molecule has 2 aromatic rings. The van der Waals surface area contributed by atoms with E-state index in [9.17, 15) is 4.79 Å². The van der Waals surface area contributed by atoms with Crippen molar-refractivity contribution in [3.05, 3.63) is 58.1 Å². The van der Waals surface area contributed by atoms with Crippen LogP contribution in [0.4, 0.5) is 5.69 Å². The van der Waals surface area contributed by atoms with Gasteiger partial charge < -0.3 is 14.8 Å². The SMILES string of the molecule is COC(=O)c1cc(CNc2ccc(C#N)c(Cl)c2)ccc1OC. The lowest BCUT2D eigenvalue weighted by Crippen LogP contribution is -2.06. The molecule has 0 bridgehead atoms. The second-order valence-corrected chi connectivity index (χ2v) is 5.09. The topological polar surface area (TPSA) is 71.3 Å². The Morgan fingerprint density at radius 2 is 2.04 bits per heavy atom. The minimum Gasteiger partial charge on any atom is -0.496 e. The molecule has 5 nitrogen and oxygen atoms in total. The molecule has 2 aromatic carbocycles. The third-order valence-corrected chi connectivity index (χ3v) is 3.57. The normalized spacial score (nSPS) is 9.83. The molecule has 0 aliphatic carbocycles. The van der Waals surface area contributed by atoms with Crippen molar-refractivity contribution in [1.82, 2.24) is 0 Å². The zero-order valence-electron chi connectivity index (χ0n) is 12.7. The number of halogens is 1. The second kappa shape index (κ2) is 7.52. The lowest BCUT2D eigenvalue weighted by Gasteiger charge is -2.11. The van der Waals surface area contributed by atoms with Gasteiger partial charge in [0.05, 0.1) is 24.8 Å². The number of carbonyl (C=O) groups is 1. The maximum Gasteiger partial charge on any atom is 0.341 e. The van der Waals surface area contributed by atoms with Crippen LogP contribution in [-0.2, 0) is 11.3 Å². The average molecular weight is 331 g/mol. The van der Waals surface area contributed by atoms with E-state index in [0.29, 0.717) is 28.4 Å². The van der Waals surface area contributed by atoms with Crippen LogP contribution >= 0.6 is 11.6 Å². The Hall–Kier alpha value is -2.71. The highest BCUT2D eigenvalue weighted by Crippen LogP contribution is 2.23. The van der Waals surface area contributed by atoms with Gasteiger partial charge in [-0.2, -0.15) is 5.26 Å².